The van der Waals surface area contributed by atoms with Gasteiger partial charge in [-0.3, -0.25) is 4.98 Å². The Bertz CT molecular complexity index is 2030. The number of hydrogen-bond donors (Lipinski definition) is 1. The summed E-state index contributed by atoms with van der Waals surface area (Å²) in [4.78, 5) is 5.12. The Hall–Kier alpha value is -4.28. The van der Waals surface area contributed by atoms with E-state index in [0.29, 0.717) is 24.1 Å². The van der Waals surface area contributed by atoms with E-state index in [1.165, 1.54) is 33.4 Å². The van der Waals surface area contributed by atoms with E-state index >= 15 is 0 Å². The molecule has 0 amide bonds. The molecule has 7 rings (SSSR count). The molecule has 5 aromatic carbocycles. The Morgan fingerprint density at radius 2 is 1.02 bits per heavy atom. The Balaban J connectivity index is 0.00000187. The maximum absolute atomic E-state index is 12.2. The molecule has 1 aliphatic carbocycles. The van der Waals surface area contributed by atoms with Crippen molar-refractivity contribution in [3.8, 4) is 39.3 Å². The number of pyridine rings is 1. The van der Waals surface area contributed by atoms with Crippen molar-refractivity contribution in [3.05, 3.63) is 181 Å². The summed E-state index contributed by atoms with van der Waals surface area (Å²) in [5, 5.41) is 17.3. The molecule has 1 heterocycles. The van der Waals surface area contributed by atoms with E-state index in [-0.39, 0.29) is 40.7 Å². The van der Waals surface area contributed by atoms with E-state index in [9.17, 15) is 5.11 Å². The molecule has 0 radical (unpaired) electrons. The molecule has 50 heavy (non-hydrogen) atoms. The van der Waals surface area contributed by atoms with Crippen LogP contribution in [0.15, 0.2) is 127 Å². The molecule has 1 N–H and O–H groups in total. The van der Waals surface area contributed by atoms with Gasteiger partial charge in [-0.2, -0.15) is 0 Å². The Labute approximate surface area is 318 Å². The van der Waals surface area contributed by atoms with Crippen molar-refractivity contribution in [1.82, 2.24) is 4.98 Å². The third-order valence-electron chi connectivity index (χ3n) is 9.84. The third-order valence-corrected chi connectivity index (χ3v) is 9.84. The summed E-state index contributed by atoms with van der Waals surface area (Å²) < 4.78 is 0. The van der Waals surface area contributed by atoms with Gasteiger partial charge in [0.25, 0.3) is 0 Å². The van der Waals surface area contributed by atoms with Gasteiger partial charge in [0.2, 0.25) is 0 Å². The van der Waals surface area contributed by atoms with Gasteiger partial charge in [0.05, 0.1) is 5.69 Å². The van der Waals surface area contributed by atoms with Gasteiger partial charge in [0.1, 0.15) is 5.75 Å². The Morgan fingerprint density at radius 1 is 0.560 bits per heavy atom. The first-order valence-corrected chi connectivity index (χ1v) is 16.7. The van der Waals surface area contributed by atoms with Crippen LogP contribution >= 0.6 is 0 Å². The fourth-order valence-corrected chi connectivity index (χ4v) is 7.42. The molecule has 0 unspecified atom stereocenters. The number of phenols is 1. The number of aromatic nitrogens is 1. The minimum absolute atomic E-state index is 0. The topological polar surface area (TPSA) is 47.2 Å². The minimum Gasteiger partial charge on any atom is -0.679 e. The summed E-state index contributed by atoms with van der Waals surface area (Å²) in [5.74, 6) is 1.07. The van der Waals surface area contributed by atoms with Crippen molar-refractivity contribution in [1.29, 1.82) is 0 Å². The van der Waals surface area contributed by atoms with Crippen LogP contribution in [0.3, 0.4) is 0 Å². The van der Waals surface area contributed by atoms with Crippen LogP contribution in [0.5, 0.6) is 5.75 Å². The zero-order valence-electron chi connectivity index (χ0n) is 30.3. The maximum atomic E-state index is 12.2. The van der Waals surface area contributed by atoms with Crippen LogP contribution in [-0.4, -0.2) is 10.1 Å². The Kier molecular flexibility index (Phi) is 12.1. The van der Waals surface area contributed by atoms with Crippen molar-refractivity contribution >= 4 is 5.69 Å². The monoisotopic (exact) mass is 823 g/mol. The SMILES string of the molecule is CC(C)c1cccc(C(C)C)c1[N-]Cc1cccc(-c2ccccc2-c2cccc(C3(C)c4ccccc4-c4ccccc43)c2O)n1.[CH3-].[CH3-].[Hf]. The maximum Gasteiger partial charge on any atom is 0.127 e. The minimum atomic E-state index is -0.497. The fourth-order valence-electron chi connectivity index (χ4n) is 7.42. The number of phenolic OH excluding ortho intramolecular Hbond substituents is 1. The number of aromatic hydroxyl groups is 1. The first-order valence-electron chi connectivity index (χ1n) is 16.7. The second-order valence-electron chi connectivity index (χ2n) is 13.4. The van der Waals surface area contributed by atoms with Crippen molar-refractivity contribution in [2.45, 2.75) is 58.4 Å². The summed E-state index contributed by atoms with van der Waals surface area (Å²) in [5.41, 5.74) is 13.4. The molecule has 0 atom stereocenters. The van der Waals surface area contributed by atoms with Crippen LogP contribution in [0.4, 0.5) is 5.69 Å². The molecular weight excluding hydrogens is 775 g/mol. The molecule has 0 saturated carbocycles. The predicted molar refractivity (Wildman–Crippen MR) is 208 cm³/mol. The molecule has 3 nitrogen and oxygen atoms in total. The van der Waals surface area contributed by atoms with Crippen LogP contribution in [0.1, 0.15) is 80.0 Å². The first-order chi connectivity index (χ1) is 22.8. The van der Waals surface area contributed by atoms with Gasteiger partial charge >= 0.3 is 0 Å². The third kappa shape index (κ3) is 6.63. The molecule has 254 valence electrons. The number of rotatable bonds is 8. The van der Waals surface area contributed by atoms with Crippen molar-refractivity contribution in [2.75, 3.05) is 0 Å². The predicted octanol–water partition coefficient (Wildman–Crippen LogP) is 12.8. The smallest absolute Gasteiger partial charge is 0.127 e. The summed E-state index contributed by atoms with van der Waals surface area (Å²) in [6, 6.07) is 44.2. The van der Waals surface area contributed by atoms with E-state index in [1.54, 1.807) is 0 Å². The zero-order valence-corrected chi connectivity index (χ0v) is 33.9. The molecule has 1 aliphatic rings. The first kappa shape index (κ1) is 38.5. The van der Waals surface area contributed by atoms with Crippen molar-refractivity contribution in [3.63, 3.8) is 0 Å². The van der Waals surface area contributed by atoms with Gasteiger partial charge in [0, 0.05) is 53.6 Å². The summed E-state index contributed by atoms with van der Waals surface area (Å²) in [6.07, 6.45) is 0. The summed E-state index contributed by atoms with van der Waals surface area (Å²) in [6.45, 7) is 11.6. The van der Waals surface area contributed by atoms with Crippen LogP contribution in [0.2, 0.25) is 0 Å². The second-order valence-corrected chi connectivity index (χ2v) is 13.4. The average molecular weight is 822 g/mol. The summed E-state index contributed by atoms with van der Waals surface area (Å²) in [7, 11) is 0. The number of nitrogens with zero attached hydrogens (tertiary/aromatic N) is 2. The van der Waals surface area contributed by atoms with Gasteiger partial charge in [-0.1, -0.05) is 161 Å². The zero-order chi connectivity index (χ0) is 32.7. The standard InChI is InChI=1S/C44H41N2O.2CH3.Hf/c1-28(2)31-20-13-21-32(29(3)4)42(31)45-27-30-15-12-26-41(46-30)36-19-7-6-16-33(36)37-22-14-25-40(43(37)47)44(5)38-23-10-8-17-34(38)35-18-9-11-24-39(35)44;;;/h6-26,28-29H,27H2,1-5H3,(H,46,47);2*1H3;/q3*-1;. The number of benzene rings is 5. The number of hydrogen-bond acceptors (Lipinski definition) is 2. The van der Waals surface area contributed by atoms with Gasteiger partial charge in [-0.05, 0) is 58.7 Å². The average Bonchev–Trinajstić information content (AvgIpc) is 3.36. The van der Waals surface area contributed by atoms with E-state index in [4.69, 9.17) is 10.3 Å². The van der Waals surface area contributed by atoms with E-state index in [0.717, 1.165) is 39.3 Å². The molecule has 0 spiro atoms. The number of fused-ring (bicyclic) bond motifs is 3. The quantitative estimate of drug-likeness (QED) is 0.123. The van der Waals surface area contributed by atoms with Crippen LogP contribution in [-0.2, 0) is 37.8 Å². The Morgan fingerprint density at radius 3 is 1.60 bits per heavy atom. The van der Waals surface area contributed by atoms with Gasteiger partial charge in [-0.25, -0.2) is 0 Å². The second kappa shape index (κ2) is 15.7. The molecule has 0 fully saturated rings. The van der Waals surface area contributed by atoms with Gasteiger partial charge in [-0.15, -0.1) is 5.69 Å². The summed E-state index contributed by atoms with van der Waals surface area (Å²) >= 11 is 0. The van der Waals surface area contributed by atoms with Crippen LogP contribution in [0.25, 0.3) is 38.8 Å². The molecule has 1 aromatic heterocycles. The molecule has 0 aliphatic heterocycles. The van der Waals surface area contributed by atoms with Crippen LogP contribution in [0, 0.1) is 14.9 Å². The number of para-hydroxylation sites is 2. The molecule has 4 heteroatoms. The van der Waals surface area contributed by atoms with E-state index < -0.39 is 5.41 Å². The molecule has 6 aromatic rings. The molecular formula is C46H47HfN2O-3. The largest absolute Gasteiger partial charge is 0.679 e. The van der Waals surface area contributed by atoms with Crippen molar-refractivity contribution < 1.29 is 30.9 Å². The van der Waals surface area contributed by atoms with E-state index in [2.05, 4.69) is 144 Å². The van der Waals surface area contributed by atoms with Gasteiger partial charge < -0.3 is 25.3 Å². The normalized spacial score (nSPS) is 12.3. The molecule has 0 saturated heterocycles. The van der Waals surface area contributed by atoms with Crippen LogP contribution < -0.4 is 0 Å². The van der Waals surface area contributed by atoms with Gasteiger partial charge in [0.15, 0.2) is 0 Å². The fraction of sp³-hybridized carbons (Fsp3) is 0.196. The van der Waals surface area contributed by atoms with Crippen molar-refractivity contribution in [2.24, 2.45) is 0 Å². The van der Waals surface area contributed by atoms with E-state index in [1.807, 2.05) is 18.2 Å². The molecule has 0 bridgehead atoms.